The van der Waals surface area contributed by atoms with Gasteiger partial charge in [0, 0.05) is 6.61 Å². The van der Waals surface area contributed by atoms with Gasteiger partial charge in [0.1, 0.15) is 6.10 Å². The molecule has 2 atom stereocenters. The van der Waals surface area contributed by atoms with Crippen molar-refractivity contribution in [3.8, 4) is 0 Å². The average Bonchev–Trinajstić information content (AvgIpc) is 2.95. The van der Waals surface area contributed by atoms with Crippen molar-refractivity contribution in [3.63, 3.8) is 0 Å². The second kappa shape index (κ2) is 6.63. The highest BCUT2D eigenvalue weighted by Gasteiger charge is 2.29. The van der Waals surface area contributed by atoms with E-state index in [0.29, 0.717) is 0 Å². The zero-order valence-corrected chi connectivity index (χ0v) is 13.8. The van der Waals surface area contributed by atoms with Crippen LogP contribution in [0, 0.1) is 13.8 Å². The van der Waals surface area contributed by atoms with Crippen LogP contribution in [0.2, 0.25) is 0 Å². The van der Waals surface area contributed by atoms with E-state index >= 15 is 0 Å². The van der Waals surface area contributed by atoms with Crippen molar-refractivity contribution in [1.82, 2.24) is 5.32 Å². The van der Waals surface area contributed by atoms with E-state index in [4.69, 9.17) is 4.74 Å². The molecule has 2 aromatic rings. The Morgan fingerprint density at radius 3 is 2.68 bits per heavy atom. The molecular formula is C18H21NO2S. The Bertz CT molecular complexity index is 647. The lowest BCUT2D eigenvalue weighted by molar-refractivity contribution is -0.00942. The maximum atomic E-state index is 12.5. The molecule has 3 nitrogen and oxygen atoms in total. The summed E-state index contributed by atoms with van der Waals surface area (Å²) in [5.41, 5.74) is 3.40. The van der Waals surface area contributed by atoms with Gasteiger partial charge in [0.2, 0.25) is 0 Å². The Hall–Kier alpha value is -1.65. The number of carbonyl (C=O) groups is 1. The molecule has 1 fully saturated rings. The minimum atomic E-state index is -0.0569. The molecule has 22 heavy (non-hydrogen) atoms. The number of amides is 1. The third kappa shape index (κ3) is 3.23. The zero-order chi connectivity index (χ0) is 15.5. The Kier molecular flexibility index (Phi) is 4.60. The van der Waals surface area contributed by atoms with Gasteiger partial charge in [-0.25, -0.2) is 0 Å². The Morgan fingerprint density at radius 2 is 2.00 bits per heavy atom. The monoisotopic (exact) mass is 315 g/mol. The van der Waals surface area contributed by atoms with Crippen LogP contribution in [0.3, 0.4) is 0 Å². The molecule has 0 spiro atoms. The van der Waals surface area contributed by atoms with Gasteiger partial charge in [-0.15, -0.1) is 11.3 Å². The predicted molar refractivity (Wildman–Crippen MR) is 89.4 cm³/mol. The van der Waals surface area contributed by atoms with Crippen LogP contribution in [0.15, 0.2) is 35.7 Å². The van der Waals surface area contributed by atoms with E-state index in [-0.39, 0.29) is 18.1 Å². The smallest absolute Gasteiger partial charge is 0.261 e. The minimum Gasteiger partial charge on any atom is -0.371 e. The van der Waals surface area contributed by atoms with Gasteiger partial charge in [-0.05, 0) is 49.3 Å². The van der Waals surface area contributed by atoms with Crippen molar-refractivity contribution < 1.29 is 9.53 Å². The van der Waals surface area contributed by atoms with E-state index in [1.54, 1.807) is 0 Å². The van der Waals surface area contributed by atoms with Gasteiger partial charge in [-0.3, -0.25) is 4.79 Å². The van der Waals surface area contributed by atoms with Gasteiger partial charge in [0.05, 0.1) is 10.9 Å². The fraction of sp³-hybridized carbons (Fsp3) is 0.389. The number of hydrogen-bond donors (Lipinski definition) is 1. The zero-order valence-electron chi connectivity index (χ0n) is 13.0. The Morgan fingerprint density at radius 1 is 1.23 bits per heavy atom. The molecule has 1 aromatic heterocycles. The first kappa shape index (κ1) is 15.3. The first-order valence-corrected chi connectivity index (χ1v) is 8.56. The van der Waals surface area contributed by atoms with E-state index in [2.05, 4.69) is 36.5 Å². The van der Waals surface area contributed by atoms with Crippen LogP contribution in [0.25, 0.3) is 0 Å². The molecule has 1 amide bonds. The van der Waals surface area contributed by atoms with Crippen LogP contribution < -0.4 is 5.32 Å². The summed E-state index contributed by atoms with van der Waals surface area (Å²) in [5.74, 6) is 0.0140. The van der Waals surface area contributed by atoms with Crippen molar-refractivity contribution >= 4 is 17.2 Å². The number of nitrogens with one attached hydrogen (secondary N) is 1. The first-order valence-electron chi connectivity index (χ1n) is 7.68. The van der Waals surface area contributed by atoms with Crippen molar-refractivity contribution in [1.29, 1.82) is 0 Å². The third-order valence-corrected chi connectivity index (χ3v) is 5.13. The fourth-order valence-electron chi connectivity index (χ4n) is 2.85. The molecular weight excluding hydrogens is 294 g/mol. The van der Waals surface area contributed by atoms with Gasteiger partial charge in [-0.2, -0.15) is 0 Å². The third-order valence-electron chi connectivity index (χ3n) is 4.11. The SMILES string of the molecule is Cc1ccc([C@@H]2OCCC[C@@H]2NC(=O)c2sccc2C)cc1. The molecule has 116 valence electrons. The summed E-state index contributed by atoms with van der Waals surface area (Å²) in [7, 11) is 0. The maximum Gasteiger partial charge on any atom is 0.261 e. The van der Waals surface area contributed by atoms with Crippen molar-refractivity contribution in [3.05, 3.63) is 57.3 Å². The first-order chi connectivity index (χ1) is 10.6. The van der Waals surface area contributed by atoms with Crippen LogP contribution in [0.1, 0.15) is 45.3 Å². The fourth-order valence-corrected chi connectivity index (χ4v) is 3.68. The molecule has 1 saturated heterocycles. The standard InChI is InChI=1S/C18H21NO2S/c1-12-5-7-14(8-6-12)16-15(4-3-10-21-16)19-18(20)17-13(2)9-11-22-17/h5-9,11,15-16H,3-4,10H2,1-2H3,(H,19,20)/t15-,16-/m0/s1. The van der Waals surface area contributed by atoms with E-state index in [9.17, 15) is 4.79 Å². The number of aryl methyl sites for hydroxylation is 2. The lowest BCUT2D eigenvalue weighted by atomic mass is 9.95. The second-order valence-corrected chi connectivity index (χ2v) is 6.77. The number of hydrogen-bond acceptors (Lipinski definition) is 3. The molecule has 0 radical (unpaired) electrons. The molecule has 1 N–H and O–H groups in total. The summed E-state index contributed by atoms with van der Waals surface area (Å²) in [6.45, 7) is 4.80. The second-order valence-electron chi connectivity index (χ2n) is 5.86. The van der Waals surface area contributed by atoms with Gasteiger partial charge in [0.25, 0.3) is 5.91 Å². The van der Waals surface area contributed by atoms with Gasteiger partial charge in [-0.1, -0.05) is 29.8 Å². The minimum absolute atomic E-state index is 0.0140. The lowest BCUT2D eigenvalue weighted by Gasteiger charge is -2.32. The summed E-state index contributed by atoms with van der Waals surface area (Å²) in [6.07, 6.45) is 1.88. The van der Waals surface area contributed by atoms with Crippen LogP contribution >= 0.6 is 11.3 Å². The number of benzene rings is 1. The molecule has 0 saturated carbocycles. The molecule has 1 aliphatic rings. The highest BCUT2D eigenvalue weighted by Crippen LogP contribution is 2.29. The summed E-state index contributed by atoms with van der Waals surface area (Å²) in [6, 6.07) is 10.4. The van der Waals surface area contributed by atoms with Gasteiger partial charge >= 0.3 is 0 Å². The maximum absolute atomic E-state index is 12.5. The van der Waals surface area contributed by atoms with Crippen molar-refractivity contribution in [2.75, 3.05) is 6.61 Å². The Labute approximate surface area is 135 Å². The summed E-state index contributed by atoms with van der Waals surface area (Å²) >= 11 is 1.49. The molecule has 0 aliphatic carbocycles. The molecule has 3 rings (SSSR count). The van der Waals surface area contributed by atoms with Crippen molar-refractivity contribution in [2.45, 2.75) is 38.8 Å². The van der Waals surface area contributed by atoms with Crippen LogP contribution in [-0.4, -0.2) is 18.6 Å². The van der Waals surface area contributed by atoms with E-state index in [0.717, 1.165) is 35.5 Å². The average molecular weight is 315 g/mol. The van der Waals surface area contributed by atoms with E-state index < -0.39 is 0 Å². The van der Waals surface area contributed by atoms with Crippen LogP contribution in [-0.2, 0) is 4.74 Å². The highest BCUT2D eigenvalue weighted by molar-refractivity contribution is 7.12. The number of thiophene rings is 1. The quantitative estimate of drug-likeness (QED) is 0.929. The Balaban J connectivity index is 1.77. The van der Waals surface area contributed by atoms with Gasteiger partial charge < -0.3 is 10.1 Å². The van der Waals surface area contributed by atoms with Crippen molar-refractivity contribution in [2.24, 2.45) is 0 Å². The molecule has 1 aliphatic heterocycles. The topological polar surface area (TPSA) is 38.3 Å². The highest BCUT2D eigenvalue weighted by atomic mass is 32.1. The van der Waals surface area contributed by atoms with E-state index in [1.807, 2.05) is 18.4 Å². The normalized spacial score (nSPS) is 21.5. The van der Waals surface area contributed by atoms with Crippen LogP contribution in [0.5, 0.6) is 0 Å². The predicted octanol–water partition coefficient (Wildman–Crippen LogP) is 4.02. The van der Waals surface area contributed by atoms with Gasteiger partial charge in [0.15, 0.2) is 0 Å². The largest absolute Gasteiger partial charge is 0.371 e. The van der Waals surface area contributed by atoms with E-state index in [1.165, 1.54) is 16.9 Å². The molecule has 0 bridgehead atoms. The summed E-state index contributed by atoms with van der Waals surface area (Å²) < 4.78 is 5.95. The molecule has 0 unspecified atom stereocenters. The molecule has 2 heterocycles. The lowest BCUT2D eigenvalue weighted by Crippen LogP contribution is -2.42. The number of carbonyl (C=O) groups excluding carboxylic acids is 1. The molecule has 1 aromatic carbocycles. The number of rotatable bonds is 3. The number of ether oxygens (including phenoxy) is 1. The summed E-state index contributed by atoms with van der Waals surface area (Å²) in [5, 5.41) is 5.13. The molecule has 4 heteroatoms. The summed E-state index contributed by atoms with van der Waals surface area (Å²) in [4.78, 5) is 13.3. The van der Waals surface area contributed by atoms with Crippen LogP contribution in [0.4, 0.5) is 0 Å².